The topological polar surface area (TPSA) is 75.7 Å². The van der Waals surface area contributed by atoms with Crippen molar-refractivity contribution in [2.45, 2.75) is 50.3 Å². The third-order valence-corrected chi connectivity index (χ3v) is 7.09. The fourth-order valence-electron chi connectivity index (χ4n) is 3.36. The van der Waals surface area contributed by atoms with Crippen molar-refractivity contribution in [3.05, 3.63) is 54.1 Å². The Morgan fingerprint density at radius 3 is 2.13 bits per heavy atom. The molecule has 0 aromatic heterocycles. The zero-order valence-electron chi connectivity index (χ0n) is 17.8. The maximum Gasteiger partial charge on any atom is 0.262 e. The second-order valence-electron chi connectivity index (χ2n) is 8.60. The first-order valence-corrected chi connectivity index (χ1v) is 11.7. The number of hydrogen-bond acceptors (Lipinski definition) is 4. The first kappa shape index (κ1) is 22.3. The van der Waals surface area contributed by atoms with Gasteiger partial charge in [0.05, 0.1) is 4.90 Å². The van der Waals surface area contributed by atoms with Crippen LogP contribution < -0.4 is 10.1 Å². The largest absolute Gasteiger partial charge is 0.484 e. The van der Waals surface area contributed by atoms with Gasteiger partial charge < -0.3 is 10.1 Å². The van der Waals surface area contributed by atoms with Gasteiger partial charge in [-0.15, -0.1) is 0 Å². The summed E-state index contributed by atoms with van der Waals surface area (Å²) in [7, 11) is -3.47. The molecule has 0 aliphatic carbocycles. The zero-order valence-corrected chi connectivity index (χ0v) is 18.7. The van der Waals surface area contributed by atoms with Gasteiger partial charge in [-0.1, -0.05) is 39.3 Å². The Balaban J connectivity index is 1.54. The van der Waals surface area contributed by atoms with Gasteiger partial charge in [0, 0.05) is 18.8 Å². The van der Waals surface area contributed by atoms with Gasteiger partial charge >= 0.3 is 0 Å². The first-order chi connectivity index (χ1) is 14.2. The van der Waals surface area contributed by atoms with Gasteiger partial charge in [0.1, 0.15) is 5.75 Å². The summed E-state index contributed by atoms with van der Waals surface area (Å²) in [5.41, 5.74) is 1.78. The molecule has 1 amide bonds. The third-order valence-electron chi connectivity index (χ3n) is 5.18. The number of sulfonamides is 1. The summed E-state index contributed by atoms with van der Waals surface area (Å²) in [6, 6.07) is 14.0. The highest BCUT2D eigenvalue weighted by Gasteiger charge is 2.25. The summed E-state index contributed by atoms with van der Waals surface area (Å²) in [5, 5.41) is 2.73. The van der Waals surface area contributed by atoms with Crippen LogP contribution in [0.2, 0.25) is 0 Å². The highest BCUT2D eigenvalue weighted by atomic mass is 32.2. The van der Waals surface area contributed by atoms with Crippen LogP contribution in [0, 0.1) is 0 Å². The minimum atomic E-state index is -3.47. The van der Waals surface area contributed by atoms with E-state index in [0.29, 0.717) is 24.5 Å². The molecule has 2 aromatic carbocycles. The quantitative estimate of drug-likeness (QED) is 0.746. The average molecular weight is 431 g/mol. The van der Waals surface area contributed by atoms with E-state index in [2.05, 4.69) is 26.1 Å². The standard InChI is InChI=1S/C23H30N2O4S/c1-23(2,3)18-7-11-20(12-8-18)29-17-22(26)24-19-9-13-21(14-10-19)30(27,28)25-15-5-4-6-16-25/h7-14H,4-6,15-17H2,1-3H3,(H,24,26). The molecule has 1 fully saturated rings. The average Bonchev–Trinajstić information content (AvgIpc) is 2.73. The molecule has 7 heteroatoms. The lowest BCUT2D eigenvalue weighted by molar-refractivity contribution is -0.118. The van der Waals surface area contributed by atoms with E-state index in [0.717, 1.165) is 19.3 Å². The van der Waals surface area contributed by atoms with Crippen molar-refractivity contribution >= 4 is 21.6 Å². The zero-order chi connectivity index (χ0) is 21.8. The van der Waals surface area contributed by atoms with E-state index in [1.807, 2.05) is 24.3 Å². The number of carbonyl (C=O) groups is 1. The predicted octanol–water partition coefficient (Wildman–Crippen LogP) is 4.18. The lowest BCUT2D eigenvalue weighted by atomic mass is 9.87. The van der Waals surface area contributed by atoms with Crippen molar-refractivity contribution in [1.29, 1.82) is 0 Å². The second-order valence-corrected chi connectivity index (χ2v) is 10.5. The molecule has 1 saturated heterocycles. The lowest BCUT2D eigenvalue weighted by Gasteiger charge is -2.25. The molecule has 0 saturated carbocycles. The van der Waals surface area contributed by atoms with Gasteiger partial charge in [-0.3, -0.25) is 4.79 Å². The predicted molar refractivity (Wildman–Crippen MR) is 118 cm³/mol. The molecule has 162 valence electrons. The van der Waals surface area contributed by atoms with Crippen LogP contribution in [0.4, 0.5) is 5.69 Å². The summed E-state index contributed by atoms with van der Waals surface area (Å²) in [5.74, 6) is 0.322. The van der Waals surface area contributed by atoms with Crippen molar-refractivity contribution in [3.63, 3.8) is 0 Å². The van der Waals surface area contributed by atoms with Crippen LogP contribution >= 0.6 is 0 Å². The lowest BCUT2D eigenvalue weighted by Crippen LogP contribution is -2.35. The number of nitrogens with one attached hydrogen (secondary N) is 1. The number of nitrogens with zero attached hydrogens (tertiary/aromatic N) is 1. The molecular formula is C23H30N2O4S. The van der Waals surface area contributed by atoms with Crippen LogP contribution in [-0.2, 0) is 20.2 Å². The number of rotatable bonds is 6. The number of carbonyl (C=O) groups excluding carboxylic acids is 1. The van der Waals surface area contributed by atoms with Gasteiger partial charge in [-0.2, -0.15) is 4.31 Å². The number of amides is 1. The van der Waals surface area contributed by atoms with Gasteiger partial charge in [-0.25, -0.2) is 8.42 Å². The van der Waals surface area contributed by atoms with E-state index >= 15 is 0 Å². The molecule has 30 heavy (non-hydrogen) atoms. The van der Waals surface area contributed by atoms with Gasteiger partial charge in [-0.05, 0) is 60.2 Å². The number of piperidine rings is 1. The van der Waals surface area contributed by atoms with Crippen molar-refractivity contribution in [2.75, 3.05) is 25.0 Å². The maximum absolute atomic E-state index is 12.7. The van der Waals surface area contributed by atoms with Crippen LogP contribution in [-0.4, -0.2) is 38.3 Å². The molecule has 6 nitrogen and oxygen atoms in total. The summed E-state index contributed by atoms with van der Waals surface area (Å²) < 4.78 is 32.5. The number of ether oxygens (including phenoxy) is 1. The summed E-state index contributed by atoms with van der Waals surface area (Å²) >= 11 is 0. The minimum Gasteiger partial charge on any atom is -0.484 e. The third kappa shape index (κ3) is 5.61. The monoisotopic (exact) mass is 430 g/mol. The summed E-state index contributed by atoms with van der Waals surface area (Å²) in [6.07, 6.45) is 2.86. The maximum atomic E-state index is 12.7. The Morgan fingerprint density at radius 2 is 1.57 bits per heavy atom. The van der Waals surface area contributed by atoms with E-state index in [1.54, 1.807) is 12.1 Å². The number of anilines is 1. The number of hydrogen-bond donors (Lipinski definition) is 1. The van der Waals surface area contributed by atoms with E-state index in [-0.39, 0.29) is 22.8 Å². The molecule has 0 bridgehead atoms. The number of benzene rings is 2. The van der Waals surface area contributed by atoms with Crippen LogP contribution in [0.15, 0.2) is 53.4 Å². The second kappa shape index (κ2) is 9.18. The van der Waals surface area contributed by atoms with E-state index in [1.165, 1.54) is 22.0 Å². The SMILES string of the molecule is CC(C)(C)c1ccc(OCC(=O)Nc2ccc(S(=O)(=O)N3CCCCC3)cc2)cc1. The fraction of sp³-hybridized carbons (Fsp3) is 0.435. The van der Waals surface area contributed by atoms with Crippen LogP contribution in [0.1, 0.15) is 45.6 Å². The smallest absolute Gasteiger partial charge is 0.262 e. The molecule has 1 N–H and O–H groups in total. The first-order valence-electron chi connectivity index (χ1n) is 10.3. The highest BCUT2D eigenvalue weighted by molar-refractivity contribution is 7.89. The van der Waals surface area contributed by atoms with Crippen molar-refractivity contribution in [1.82, 2.24) is 4.31 Å². The molecular weight excluding hydrogens is 400 g/mol. The van der Waals surface area contributed by atoms with Gasteiger partial charge in [0.25, 0.3) is 5.91 Å². The van der Waals surface area contributed by atoms with Crippen molar-refractivity contribution in [2.24, 2.45) is 0 Å². The summed E-state index contributed by atoms with van der Waals surface area (Å²) in [4.78, 5) is 12.4. The molecule has 0 spiro atoms. The van der Waals surface area contributed by atoms with E-state index in [4.69, 9.17) is 4.74 Å². The highest BCUT2D eigenvalue weighted by Crippen LogP contribution is 2.24. The van der Waals surface area contributed by atoms with E-state index < -0.39 is 10.0 Å². The Morgan fingerprint density at radius 1 is 0.967 bits per heavy atom. The van der Waals surface area contributed by atoms with Crippen LogP contribution in [0.25, 0.3) is 0 Å². The van der Waals surface area contributed by atoms with Crippen molar-refractivity contribution < 1.29 is 17.9 Å². The Labute approximate surface area is 179 Å². The fourth-order valence-corrected chi connectivity index (χ4v) is 4.88. The van der Waals surface area contributed by atoms with E-state index in [9.17, 15) is 13.2 Å². The Hall–Kier alpha value is -2.38. The van der Waals surface area contributed by atoms with Crippen molar-refractivity contribution in [3.8, 4) is 5.75 Å². The molecule has 1 heterocycles. The minimum absolute atomic E-state index is 0.0591. The molecule has 2 aromatic rings. The normalized spacial score (nSPS) is 15.6. The van der Waals surface area contributed by atoms with Gasteiger partial charge in [0.15, 0.2) is 6.61 Å². The Bertz CT molecular complexity index is 956. The molecule has 1 aliphatic heterocycles. The molecule has 0 radical (unpaired) electrons. The van der Waals surface area contributed by atoms with Gasteiger partial charge in [0.2, 0.25) is 10.0 Å². The van der Waals surface area contributed by atoms with Crippen LogP contribution in [0.5, 0.6) is 5.75 Å². The Kier molecular flexibility index (Phi) is 6.83. The molecule has 1 aliphatic rings. The van der Waals surface area contributed by atoms with Crippen LogP contribution in [0.3, 0.4) is 0 Å². The molecule has 0 unspecified atom stereocenters. The summed E-state index contributed by atoms with van der Waals surface area (Å²) in [6.45, 7) is 7.42. The molecule has 3 rings (SSSR count). The molecule has 0 atom stereocenters.